The Morgan fingerprint density at radius 1 is 1.25 bits per heavy atom. The van der Waals surface area contributed by atoms with Crippen molar-refractivity contribution in [2.24, 2.45) is 11.8 Å². The Morgan fingerprint density at radius 3 is 2.42 bits per heavy atom. The lowest BCUT2D eigenvalue weighted by molar-refractivity contribution is -0.186. The zero-order valence-electron chi connectivity index (χ0n) is 6.77. The second-order valence-electron chi connectivity index (χ2n) is 3.45. The first-order valence-electron chi connectivity index (χ1n) is 4.21. The van der Waals surface area contributed by atoms with Crippen LogP contribution in [-0.4, -0.2) is 17.9 Å². The summed E-state index contributed by atoms with van der Waals surface area (Å²) in [6, 6.07) is 0. The van der Waals surface area contributed by atoms with Crippen LogP contribution in [-0.2, 0) is 0 Å². The van der Waals surface area contributed by atoms with E-state index in [-0.39, 0.29) is 25.4 Å². The molecule has 0 saturated heterocycles. The number of halogens is 3. The molecule has 0 bridgehead atoms. The van der Waals surface area contributed by atoms with Crippen LogP contribution in [0.4, 0.5) is 13.2 Å². The van der Waals surface area contributed by atoms with Gasteiger partial charge in [0.1, 0.15) is 0 Å². The second-order valence-corrected chi connectivity index (χ2v) is 3.45. The number of aliphatic hydroxyl groups excluding tert-OH is 1. The lowest BCUT2D eigenvalue weighted by Crippen LogP contribution is -2.29. The van der Waals surface area contributed by atoms with Gasteiger partial charge in [0, 0.05) is 6.61 Å². The molecule has 1 N–H and O–H groups in total. The highest BCUT2D eigenvalue weighted by atomic mass is 19.4. The highest BCUT2D eigenvalue weighted by molar-refractivity contribution is 4.77. The van der Waals surface area contributed by atoms with E-state index in [1.165, 1.54) is 0 Å². The monoisotopic (exact) mass is 182 g/mol. The molecule has 12 heavy (non-hydrogen) atoms. The minimum atomic E-state index is -4.06. The van der Waals surface area contributed by atoms with Gasteiger partial charge in [-0.05, 0) is 25.2 Å². The van der Waals surface area contributed by atoms with E-state index in [0.717, 1.165) is 6.42 Å². The fourth-order valence-electron chi connectivity index (χ4n) is 1.75. The van der Waals surface area contributed by atoms with Crippen LogP contribution in [0.5, 0.6) is 0 Å². The Bertz CT molecular complexity index is 144. The van der Waals surface area contributed by atoms with E-state index in [4.69, 9.17) is 5.11 Å². The Kier molecular flexibility index (Phi) is 2.99. The van der Waals surface area contributed by atoms with Gasteiger partial charge in [0.25, 0.3) is 0 Å². The third-order valence-electron chi connectivity index (χ3n) is 2.50. The van der Waals surface area contributed by atoms with Crippen molar-refractivity contribution in [3.05, 3.63) is 0 Å². The molecule has 0 aliphatic heterocycles. The number of aliphatic hydroxyl groups is 1. The molecule has 0 heterocycles. The van der Waals surface area contributed by atoms with Crippen molar-refractivity contribution in [2.45, 2.75) is 31.9 Å². The number of rotatable bonds is 1. The first-order chi connectivity index (χ1) is 5.54. The van der Waals surface area contributed by atoms with Crippen molar-refractivity contribution >= 4 is 0 Å². The molecule has 0 spiro atoms. The summed E-state index contributed by atoms with van der Waals surface area (Å²) in [5.41, 5.74) is 0. The van der Waals surface area contributed by atoms with Crippen LogP contribution in [0.3, 0.4) is 0 Å². The summed E-state index contributed by atoms with van der Waals surface area (Å²) in [5, 5.41) is 8.71. The zero-order valence-corrected chi connectivity index (χ0v) is 6.77. The van der Waals surface area contributed by atoms with Gasteiger partial charge in [0.15, 0.2) is 0 Å². The standard InChI is InChI=1S/C8H13F3O/c9-8(10,11)7-3-1-2-6(4-7)5-12/h6-7,12H,1-5H2/t6-,7+/m0/s1. The van der Waals surface area contributed by atoms with Crippen LogP contribution in [0.1, 0.15) is 25.7 Å². The molecule has 2 atom stereocenters. The molecule has 1 fully saturated rings. The van der Waals surface area contributed by atoms with Crippen LogP contribution in [0.2, 0.25) is 0 Å². The Balaban J connectivity index is 2.46. The molecule has 1 nitrogen and oxygen atoms in total. The van der Waals surface area contributed by atoms with Crippen molar-refractivity contribution in [2.75, 3.05) is 6.61 Å². The fraction of sp³-hybridized carbons (Fsp3) is 1.00. The molecule has 0 radical (unpaired) electrons. The minimum Gasteiger partial charge on any atom is -0.396 e. The van der Waals surface area contributed by atoms with Gasteiger partial charge >= 0.3 is 6.18 Å². The maximum atomic E-state index is 12.2. The first-order valence-corrected chi connectivity index (χ1v) is 4.21. The van der Waals surface area contributed by atoms with Crippen LogP contribution < -0.4 is 0 Å². The summed E-state index contributed by atoms with van der Waals surface area (Å²) >= 11 is 0. The van der Waals surface area contributed by atoms with Crippen molar-refractivity contribution in [3.63, 3.8) is 0 Å². The average molecular weight is 182 g/mol. The van der Waals surface area contributed by atoms with Gasteiger partial charge in [-0.1, -0.05) is 6.42 Å². The molecular formula is C8H13F3O. The van der Waals surface area contributed by atoms with Crippen molar-refractivity contribution in [3.8, 4) is 0 Å². The predicted molar refractivity (Wildman–Crippen MR) is 38.6 cm³/mol. The van der Waals surface area contributed by atoms with Gasteiger partial charge < -0.3 is 5.11 Å². The Labute approximate surface area is 69.6 Å². The Morgan fingerprint density at radius 2 is 1.92 bits per heavy atom. The van der Waals surface area contributed by atoms with Crippen molar-refractivity contribution < 1.29 is 18.3 Å². The third kappa shape index (κ3) is 2.37. The minimum absolute atomic E-state index is 0.105. The van der Waals surface area contributed by atoms with Crippen LogP contribution in [0, 0.1) is 11.8 Å². The van der Waals surface area contributed by atoms with Crippen molar-refractivity contribution in [1.82, 2.24) is 0 Å². The van der Waals surface area contributed by atoms with E-state index in [2.05, 4.69) is 0 Å². The maximum absolute atomic E-state index is 12.2. The molecule has 72 valence electrons. The van der Waals surface area contributed by atoms with E-state index in [1.807, 2.05) is 0 Å². The number of alkyl halides is 3. The molecule has 0 unspecified atom stereocenters. The summed E-state index contributed by atoms with van der Waals surface area (Å²) in [4.78, 5) is 0. The van der Waals surface area contributed by atoms with E-state index >= 15 is 0 Å². The molecule has 0 aromatic heterocycles. The lowest BCUT2D eigenvalue weighted by atomic mass is 9.81. The SMILES string of the molecule is OC[C@H]1CCC[C@@H](C(F)(F)F)C1. The van der Waals surface area contributed by atoms with E-state index in [0.29, 0.717) is 6.42 Å². The van der Waals surface area contributed by atoms with Gasteiger partial charge in [-0.15, -0.1) is 0 Å². The second kappa shape index (κ2) is 3.64. The molecule has 0 aromatic rings. The third-order valence-corrected chi connectivity index (χ3v) is 2.50. The summed E-state index contributed by atoms with van der Waals surface area (Å²) in [6.45, 7) is -0.105. The zero-order chi connectivity index (χ0) is 9.19. The molecular weight excluding hydrogens is 169 g/mol. The van der Waals surface area contributed by atoms with E-state index in [1.54, 1.807) is 0 Å². The number of hydrogen-bond donors (Lipinski definition) is 1. The van der Waals surface area contributed by atoms with Crippen molar-refractivity contribution in [1.29, 1.82) is 0 Å². The molecule has 0 amide bonds. The highest BCUT2D eigenvalue weighted by Crippen LogP contribution is 2.39. The Hall–Kier alpha value is -0.250. The smallest absolute Gasteiger partial charge is 0.391 e. The van der Waals surface area contributed by atoms with Gasteiger partial charge in [-0.2, -0.15) is 13.2 Å². The van der Waals surface area contributed by atoms with E-state index < -0.39 is 12.1 Å². The van der Waals surface area contributed by atoms with Gasteiger partial charge in [-0.25, -0.2) is 0 Å². The summed E-state index contributed by atoms with van der Waals surface area (Å²) in [7, 11) is 0. The van der Waals surface area contributed by atoms with Crippen LogP contribution in [0.15, 0.2) is 0 Å². The quantitative estimate of drug-likeness (QED) is 0.660. The summed E-state index contributed by atoms with van der Waals surface area (Å²) in [5.74, 6) is -1.31. The number of hydrogen-bond acceptors (Lipinski definition) is 1. The maximum Gasteiger partial charge on any atom is 0.391 e. The molecule has 0 aromatic carbocycles. The average Bonchev–Trinajstić information content (AvgIpc) is 2.03. The summed E-state index contributed by atoms with van der Waals surface area (Å²) < 4.78 is 36.5. The largest absolute Gasteiger partial charge is 0.396 e. The molecule has 4 heteroatoms. The van der Waals surface area contributed by atoms with Gasteiger partial charge in [0.05, 0.1) is 5.92 Å². The lowest BCUT2D eigenvalue weighted by Gasteiger charge is -2.29. The molecule has 1 aliphatic rings. The van der Waals surface area contributed by atoms with Gasteiger partial charge in [0.2, 0.25) is 0 Å². The van der Waals surface area contributed by atoms with Crippen LogP contribution >= 0.6 is 0 Å². The predicted octanol–water partition coefficient (Wildman–Crippen LogP) is 2.35. The van der Waals surface area contributed by atoms with Gasteiger partial charge in [-0.3, -0.25) is 0 Å². The normalized spacial score (nSPS) is 32.0. The van der Waals surface area contributed by atoms with E-state index in [9.17, 15) is 13.2 Å². The molecule has 1 aliphatic carbocycles. The summed E-state index contributed by atoms with van der Waals surface area (Å²) in [6.07, 6.45) is -2.38. The highest BCUT2D eigenvalue weighted by Gasteiger charge is 2.41. The fourth-order valence-corrected chi connectivity index (χ4v) is 1.75. The van der Waals surface area contributed by atoms with Crippen LogP contribution in [0.25, 0.3) is 0 Å². The molecule has 1 saturated carbocycles. The molecule has 1 rings (SSSR count). The first kappa shape index (κ1) is 9.84. The topological polar surface area (TPSA) is 20.2 Å².